The van der Waals surface area contributed by atoms with Gasteiger partial charge < -0.3 is 15.5 Å². The zero-order valence-corrected chi connectivity index (χ0v) is 10.9. The molecule has 18 heavy (non-hydrogen) atoms. The van der Waals surface area contributed by atoms with Crippen molar-refractivity contribution in [3.63, 3.8) is 0 Å². The lowest BCUT2D eigenvalue weighted by Crippen LogP contribution is -2.35. The van der Waals surface area contributed by atoms with E-state index >= 15 is 0 Å². The van der Waals surface area contributed by atoms with E-state index in [0.29, 0.717) is 12.5 Å². The molecule has 0 unspecified atom stereocenters. The highest BCUT2D eigenvalue weighted by Crippen LogP contribution is 1.95. The van der Waals surface area contributed by atoms with Crippen molar-refractivity contribution in [2.24, 2.45) is 4.99 Å². The average Bonchev–Trinajstić information content (AvgIpc) is 2.38. The van der Waals surface area contributed by atoms with Crippen LogP contribution in [0.25, 0.3) is 0 Å². The van der Waals surface area contributed by atoms with Crippen molar-refractivity contribution < 1.29 is 10.2 Å². The molecule has 0 spiro atoms. The Kier molecular flexibility index (Phi) is 12.7. The number of nitrogens with zero attached hydrogens (tertiary/aromatic N) is 2. The monoisotopic (exact) mass is 256 g/mol. The Balaban J connectivity index is 3.69. The Morgan fingerprint density at radius 2 is 1.67 bits per heavy atom. The maximum absolute atomic E-state index is 8.63. The van der Waals surface area contributed by atoms with Crippen LogP contribution in [0.15, 0.2) is 4.99 Å². The number of aliphatic hydroxyl groups excluding tert-OH is 2. The fourth-order valence-electron chi connectivity index (χ4n) is 1.40. The maximum Gasteiger partial charge on any atom is 0.204 e. The Morgan fingerprint density at radius 1 is 1.00 bits per heavy atom. The van der Waals surface area contributed by atoms with Crippen LogP contribution in [0.3, 0.4) is 0 Å². The molecule has 0 aliphatic heterocycles. The molecule has 0 radical (unpaired) electrons. The maximum atomic E-state index is 8.63. The molecular weight excluding hydrogens is 232 g/mol. The van der Waals surface area contributed by atoms with Crippen molar-refractivity contribution in [2.45, 2.75) is 38.5 Å². The molecule has 0 aromatic rings. The van der Waals surface area contributed by atoms with Gasteiger partial charge in [0.1, 0.15) is 0 Å². The number of rotatable bonds is 10. The zero-order valence-electron chi connectivity index (χ0n) is 10.9. The number of unbranched alkanes of at least 4 members (excludes halogenated alkanes) is 4. The third-order valence-corrected chi connectivity index (χ3v) is 2.39. The molecule has 6 heteroatoms. The van der Waals surface area contributed by atoms with Crippen LogP contribution in [-0.2, 0) is 0 Å². The predicted molar refractivity (Wildman–Crippen MR) is 70.9 cm³/mol. The summed E-state index contributed by atoms with van der Waals surface area (Å²) in [4.78, 5) is 4.24. The van der Waals surface area contributed by atoms with E-state index in [4.69, 9.17) is 15.5 Å². The second-order valence-electron chi connectivity index (χ2n) is 3.96. The van der Waals surface area contributed by atoms with Gasteiger partial charge in [-0.3, -0.25) is 10.3 Å². The molecule has 0 amide bonds. The van der Waals surface area contributed by atoms with Gasteiger partial charge in [-0.25, -0.2) is 0 Å². The normalized spacial score (nSPS) is 11.1. The van der Waals surface area contributed by atoms with Crippen molar-refractivity contribution in [2.75, 3.05) is 26.3 Å². The van der Waals surface area contributed by atoms with Gasteiger partial charge in [0.05, 0.1) is 0 Å². The van der Waals surface area contributed by atoms with Crippen molar-refractivity contribution in [1.82, 2.24) is 10.6 Å². The Hall–Kier alpha value is -1.32. The summed E-state index contributed by atoms with van der Waals surface area (Å²) in [6.45, 7) is 1.83. The van der Waals surface area contributed by atoms with Crippen molar-refractivity contribution in [1.29, 1.82) is 5.26 Å². The molecule has 0 saturated heterocycles. The first kappa shape index (κ1) is 16.7. The number of nitrogens with one attached hydrogen (secondary N) is 2. The number of hydrogen-bond donors (Lipinski definition) is 4. The quantitative estimate of drug-likeness (QED) is 0.148. The van der Waals surface area contributed by atoms with E-state index in [1.54, 1.807) is 0 Å². The molecule has 0 saturated carbocycles. The third kappa shape index (κ3) is 11.2. The van der Waals surface area contributed by atoms with E-state index in [1.807, 2.05) is 6.19 Å². The van der Waals surface area contributed by atoms with Gasteiger partial charge in [0.25, 0.3) is 0 Å². The highest BCUT2D eigenvalue weighted by atomic mass is 16.3. The summed E-state index contributed by atoms with van der Waals surface area (Å²) in [5.74, 6) is 0.505. The first-order chi connectivity index (χ1) is 8.85. The smallest absolute Gasteiger partial charge is 0.204 e. The van der Waals surface area contributed by atoms with E-state index in [1.165, 1.54) is 0 Å². The molecule has 0 aromatic carbocycles. The molecule has 0 atom stereocenters. The SMILES string of the molecule is N#CNC(=NCCCCCO)NCCCCCO. The Bertz CT molecular complexity index is 251. The first-order valence-corrected chi connectivity index (χ1v) is 6.50. The topological polar surface area (TPSA) is 101 Å². The fourth-order valence-corrected chi connectivity index (χ4v) is 1.40. The van der Waals surface area contributed by atoms with Gasteiger partial charge >= 0.3 is 0 Å². The molecule has 6 nitrogen and oxygen atoms in total. The standard InChI is InChI=1S/C12H24N4O2/c13-11-16-12(14-7-3-1-5-9-17)15-8-4-2-6-10-18/h17-18H,1-10H2,(H2,14,15,16). The van der Waals surface area contributed by atoms with Gasteiger partial charge in [-0.15, -0.1) is 0 Å². The number of hydrogen-bond acceptors (Lipinski definition) is 4. The minimum absolute atomic E-state index is 0.218. The van der Waals surface area contributed by atoms with Crippen molar-refractivity contribution in [3.8, 4) is 6.19 Å². The molecule has 0 heterocycles. The third-order valence-electron chi connectivity index (χ3n) is 2.39. The lowest BCUT2D eigenvalue weighted by atomic mass is 10.2. The van der Waals surface area contributed by atoms with Gasteiger partial charge in [-0.1, -0.05) is 0 Å². The molecule has 4 N–H and O–H groups in total. The van der Waals surface area contributed by atoms with E-state index < -0.39 is 0 Å². The number of nitriles is 1. The minimum Gasteiger partial charge on any atom is -0.396 e. The lowest BCUT2D eigenvalue weighted by Gasteiger charge is -2.07. The molecule has 0 aliphatic rings. The Morgan fingerprint density at radius 3 is 2.28 bits per heavy atom. The van der Waals surface area contributed by atoms with Gasteiger partial charge in [-0.05, 0) is 38.5 Å². The molecular formula is C12H24N4O2. The van der Waals surface area contributed by atoms with E-state index in [2.05, 4.69) is 15.6 Å². The lowest BCUT2D eigenvalue weighted by molar-refractivity contribution is 0.283. The molecule has 0 bridgehead atoms. The summed E-state index contributed by atoms with van der Waals surface area (Å²) in [6, 6.07) is 0. The summed E-state index contributed by atoms with van der Waals surface area (Å²) < 4.78 is 0. The van der Waals surface area contributed by atoms with Gasteiger partial charge in [0, 0.05) is 26.3 Å². The second-order valence-corrected chi connectivity index (χ2v) is 3.96. The van der Waals surface area contributed by atoms with Crippen LogP contribution in [0.5, 0.6) is 0 Å². The zero-order chi connectivity index (χ0) is 13.5. The van der Waals surface area contributed by atoms with Crippen LogP contribution in [0.4, 0.5) is 0 Å². The van der Waals surface area contributed by atoms with Crippen LogP contribution in [0, 0.1) is 11.5 Å². The van der Waals surface area contributed by atoms with Crippen LogP contribution >= 0.6 is 0 Å². The highest BCUT2D eigenvalue weighted by molar-refractivity contribution is 5.81. The number of aliphatic hydroxyl groups is 2. The highest BCUT2D eigenvalue weighted by Gasteiger charge is 1.96. The molecule has 104 valence electrons. The largest absolute Gasteiger partial charge is 0.396 e. The number of aliphatic imine (C=N–C) groups is 1. The summed E-state index contributed by atoms with van der Waals surface area (Å²) in [5, 5.41) is 31.4. The summed E-state index contributed by atoms with van der Waals surface area (Å²) in [6.07, 6.45) is 7.20. The van der Waals surface area contributed by atoms with Crippen LogP contribution in [0.2, 0.25) is 0 Å². The summed E-state index contributed by atoms with van der Waals surface area (Å²) in [7, 11) is 0. The van der Waals surface area contributed by atoms with E-state index in [0.717, 1.165) is 45.1 Å². The molecule has 0 fully saturated rings. The van der Waals surface area contributed by atoms with Crippen molar-refractivity contribution >= 4 is 5.96 Å². The minimum atomic E-state index is 0.218. The molecule has 0 rings (SSSR count). The van der Waals surface area contributed by atoms with Gasteiger partial charge in [0.15, 0.2) is 6.19 Å². The Labute approximate surface area is 109 Å². The van der Waals surface area contributed by atoms with Crippen LogP contribution < -0.4 is 10.6 Å². The van der Waals surface area contributed by atoms with E-state index in [9.17, 15) is 0 Å². The van der Waals surface area contributed by atoms with Crippen LogP contribution in [-0.4, -0.2) is 42.5 Å². The molecule has 0 aliphatic carbocycles. The second kappa shape index (κ2) is 13.7. The summed E-state index contributed by atoms with van der Waals surface area (Å²) >= 11 is 0. The first-order valence-electron chi connectivity index (χ1n) is 6.50. The van der Waals surface area contributed by atoms with Crippen LogP contribution in [0.1, 0.15) is 38.5 Å². The average molecular weight is 256 g/mol. The van der Waals surface area contributed by atoms with Crippen molar-refractivity contribution in [3.05, 3.63) is 0 Å². The van der Waals surface area contributed by atoms with Gasteiger partial charge in [0.2, 0.25) is 5.96 Å². The molecule has 0 aromatic heterocycles. The fraction of sp³-hybridized carbons (Fsp3) is 0.833. The van der Waals surface area contributed by atoms with E-state index in [-0.39, 0.29) is 13.2 Å². The number of guanidine groups is 1. The predicted octanol–water partition coefficient (Wildman–Crippen LogP) is 0.328. The van der Waals surface area contributed by atoms with Gasteiger partial charge in [-0.2, -0.15) is 5.26 Å². The summed E-state index contributed by atoms with van der Waals surface area (Å²) in [5.41, 5.74) is 0.